The molecule has 0 aromatic heterocycles. The molecule has 7 heteroatoms. The first kappa shape index (κ1) is 8.79. The number of carbonyl (C=O) groups is 3. The van der Waals surface area contributed by atoms with Crippen LogP contribution in [0, 0.1) is 0 Å². The molecule has 5 amide bonds. The minimum atomic E-state index is -0.634. The van der Waals surface area contributed by atoms with E-state index in [1.165, 1.54) is 19.0 Å². The lowest BCUT2D eigenvalue weighted by Gasteiger charge is -2.32. The molecular formula is C7H10N4O3. The van der Waals surface area contributed by atoms with Crippen molar-refractivity contribution in [2.75, 3.05) is 14.1 Å². The Balaban J connectivity index is 2.31. The van der Waals surface area contributed by atoms with E-state index in [-0.39, 0.29) is 11.9 Å². The second kappa shape index (κ2) is 2.60. The van der Waals surface area contributed by atoms with Crippen LogP contribution in [0.3, 0.4) is 0 Å². The van der Waals surface area contributed by atoms with Crippen LogP contribution in [-0.4, -0.2) is 54.1 Å². The third-order valence-corrected chi connectivity index (χ3v) is 2.50. The maximum absolute atomic E-state index is 11.6. The Kier molecular flexibility index (Phi) is 1.63. The molecule has 76 valence electrons. The summed E-state index contributed by atoms with van der Waals surface area (Å²) in [5.41, 5.74) is 0. The van der Waals surface area contributed by atoms with Crippen LogP contribution in [-0.2, 0) is 4.79 Å². The Morgan fingerprint density at radius 3 is 2.29 bits per heavy atom. The first-order chi connectivity index (χ1) is 6.52. The third-order valence-electron chi connectivity index (χ3n) is 2.50. The summed E-state index contributed by atoms with van der Waals surface area (Å²) in [4.78, 5) is 36.2. The van der Waals surface area contributed by atoms with Crippen molar-refractivity contribution in [3.63, 3.8) is 0 Å². The molecule has 2 heterocycles. The second-order valence-electron chi connectivity index (χ2n) is 3.33. The maximum atomic E-state index is 11.6. The molecule has 14 heavy (non-hydrogen) atoms. The first-order valence-corrected chi connectivity index (χ1v) is 4.14. The second-order valence-corrected chi connectivity index (χ2v) is 3.33. The van der Waals surface area contributed by atoms with E-state index in [1.807, 2.05) is 0 Å². The molecule has 2 N–H and O–H groups in total. The van der Waals surface area contributed by atoms with Crippen LogP contribution < -0.4 is 10.6 Å². The highest BCUT2D eigenvalue weighted by molar-refractivity contribution is 6.03. The summed E-state index contributed by atoms with van der Waals surface area (Å²) >= 11 is 0. The van der Waals surface area contributed by atoms with Crippen LogP contribution >= 0.6 is 0 Å². The van der Waals surface area contributed by atoms with Gasteiger partial charge in [0.2, 0.25) is 0 Å². The average Bonchev–Trinajstić information content (AvgIpc) is 2.39. The summed E-state index contributed by atoms with van der Waals surface area (Å²) in [7, 11) is 2.90. The van der Waals surface area contributed by atoms with Crippen LogP contribution in [0.25, 0.3) is 0 Å². The molecule has 0 aliphatic carbocycles. The molecule has 0 saturated carbocycles. The van der Waals surface area contributed by atoms with E-state index in [9.17, 15) is 14.4 Å². The Morgan fingerprint density at radius 1 is 1.07 bits per heavy atom. The maximum Gasteiger partial charge on any atom is 0.325 e. The number of carbonyl (C=O) groups excluding carboxylic acids is 3. The lowest BCUT2D eigenvalue weighted by molar-refractivity contribution is -0.133. The minimum Gasteiger partial charge on any atom is -0.315 e. The number of urea groups is 2. The number of rotatable bonds is 0. The Morgan fingerprint density at radius 2 is 1.64 bits per heavy atom. The highest BCUT2D eigenvalue weighted by Gasteiger charge is 2.48. The molecule has 0 bridgehead atoms. The number of likely N-dealkylation sites (N-methyl/N-ethyl adjacent to an activating group) is 2. The Bertz CT molecular complexity index is 329. The van der Waals surface area contributed by atoms with Crippen LogP contribution in [0.15, 0.2) is 0 Å². The summed E-state index contributed by atoms with van der Waals surface area (Å²) in [5, 5.41) is 5.01. The summed E-state index contributed by atoms with van der Waals surface area (Å²) < 4.78 is 0. The largest absolute Gasteiger partial charge is 0.325 e. The van der Waals surface area contributed by atoms with Crippen LogP contribution in [0.2, 0.25) is 0 Å². The minimum absolute atomic E-state index is 0.357. The van der Waals surface area contributed by atoms with E-state index in [4.69, 9.17) is 0 Å². The fourth-order valence-electron chi connectivity index (χ4n) is 1.62. The molecule has 2 aliphatic heterocycles. The van der Waals surface area contributed by atoms with Gasteiger partial charge in [-0.2, -0.15) is 0 Å². The molecule has 0 aromatic rings. The van der Waals surface area contributed by atoms with Crippen molar-refractivity contribution in [1.29, 1.82) is 0 Å². The zero-order chi connectivity index (χ0) is 10.5. The zero-order valence-corrected chi connectivity index (χ0v) is 7.77. The quantitative estimate of drug-likeness (QED) is 0.498. The van der Waals surface area contributed by atoms with Crippen molar-refractivity contribution >= 4 is 18.0 Å². The summed E-state index contributed by atoms with van der Waals surface area (Å²) in [6.07, 6.45) is -0.608. The normalized spacial score (nSPS) is 31.4. The molecule has 2 atom stereocenters. The third kappa shape index (κ3) is 0.949. The lowest BCUT2D eigenvalue weighted by Crippen LogP contribution is -2.64. The van der Waals surface area contributed by atoms with Crippen molar-refractivity contribution in [2.24, 2.45) is 0 Å². The molecule has 0 spiro atoms. The van der Waals surface area contributed by atoms with E-state index in [0.29, 0.717) is 0 Å². The number of hydrogen-bond acceptors (Lipinski definition) is 3. The molecule has 2 saturated heterocycles. The SMILES string of the molecule is CN1C(=O)NC2NC(=O)N(C)C2C1=O. The van der Waals surface area contributed by atoms with Gasteiger partial charge in [-0.15, -0.1) is 0 Å². The van der Waals surface area contributed by atoms with E-state index < -0.39 is 18.2 Å². The number of amides is 5. The van der Waals surface area contributed by atoms with Gasteiger partial charge < -0.3 is 15.5 Å². The average molecular weight is 198 g/mol. The van der Waals surface area contributed by atoms with Gasteiger partial charge in [-0.25, -0.2) is 9.59 Å². The summed E-state index contributed by atoms with van der Waals surface area (Å²) in [5.74, 6) is -0.375. The molecule has 7 nitrogen and oxygen atoms in total. The molecule has 2 rings (SSSR count). The Hall–Kier alpha value is -1.79. The topological polar surface area (TPSA) is 81.8 Å². The zero-order valence-electron chi connectivity index (χ0n) is 7.77. The Labute approximate surface area is 80.0 Å². The van der Waals surface area contributed by atoms with Crippen LogP contribution in [0.5, 0.6) is 0 Å². The monoisotopic (exact) mass is 198 g/mol. The van der Waals surface area contributed by atoms with Gasteiger partial charge in [0.25, 0.3) is 5.91 Å². The summed E-state index contributed by atoms with van der Waals surface area (Å²) in [6.45, 7) is 0. The lowest BCUT2D eigenvalue weighted by atomic mass is 10.1. The fourth-order valence-corrected chi connectivity index (χ4v) is 1.62. The molecule has 0 radical (unpaired) electrons. The van der Waals surface area contributed by atoms with Crippen molar-refractivity contribution < 1.29 is 14.4 Å². The standard InChI is InChI=1S/C7H10N4O3/c1-10-3-4(8-6(10)13)9-7(14)11(2)5(3)12/h3-4H,1-2H3,(H,8,13)(H,9,14). The number of fused-ring (bicyclic) bond motifs is 1. The first-order valence-electron chi connectivity index (χ1n) is 4.14. The predicted octanol–water partition coefficient (Wildman–Crippen LogP) is -1.48. The van der Waals surface area contributed by atoms with E-state index >= 15 is 0 Å². The van der Waals surface area contributed by atoms with Gasteiger partial charge in [0.15, 0.2) is 6.04 Å². The van der Waals surface area contributed by atoms with Crippen LogP contribution in [0.1, 0.15) is 0 Å². The van der Waals surface area contributed by atoms with E-state index in [1.54, 1.807) is 0 Å². The number of nitrogens with zero attached hydrogens (tertiary/aromatic N) is 2. The van der Waals surface area contributed by atoms with Gasteiger partial charge in [-0.1, -0.05) is 0 Å². The van der Waals surface area contributed by atoms with Gasteiger partial charge in [-0.05, 0) is 0 Å². The fraction of sp³-hybridized carbons (Fsp3) is 0.571. The van der Waals surface area contributed by atoms with Gasteiger partial charge in [-0.3, -0.25) is 9.69 Å². The van der Waals surface area contributed by atoms with Crippen molar-refractivity contribution in [3.8, 4) is 0 Å². The smallest absolute Gasteiger partial charge is 0.315 e. The molecule has 2 unspecified atom stereocenters. The highest BCUT2D eigenvalue weighted by Crippen LogP contribution is 2.16. The molecule has 0 aromatic carbocycles. The number of hydrogen-bond donors (Lipinski definition) is 2. The van der Waals surface area contributed by atoms with Gasteiger partial charge in [0.05, 0.1) is 0 Å². The summed E-state index contributed by atoms with van der Waals surface area (Å²) in [6, 6.07) is -1.49. The van der Waals surface area contributed by atoms with Crippen molar-refractivity contribution in [3.05, 3.63) is 0 Å². The number of imide groups is 1. The number of nitrogens with one attached hydrogen (secondary N) is 2. The van der Waals surface area contributed by atoms with E-state index in [0.717, 1.165) is 4.90 Å². The van der Waals surface area contributed by atoms with Crippen molar-refractivity contribution in [2.45, 2.75) is 12.2 Å². The predicted molar refractivity (Wildman–Crippen MR) is 45.2 cm³/mol. The van der Waals surface area contributed by atoms with Crippen molar-refractivity contribution in [1.82, 2.24) is 20.4 Å². The van der Waals surface area contributed by atoms with Gasteiger partial charge >= 0.3 is 12.1 Å². The highest BCUT2D eigenvalue weighted by atomic mass is 16.2. The molecule has 2 fully saturated rings. The van der Waals surface area contributed by atoms with Crippen LogP contribution in [0.4, 0.5) is 9.59 Å². The molecule has 2 aliphatic rings. The molecular weight excluding hydrogens is 188 g/mol. The van der Waals surface area contributed by atoms with E-state index in [2.05, 4.69) is 10.6 Å². The van der Waals surface area contributed by atoms with Gasteiger partial charge in [0, 0.05) is 14.1 Å². The van der Waals surface area contributed by atoms with Gasteiger partial charge in [0.1, 0.15) is 6.17 Å².